The Morgan fingerprint density at radius 2 is 1.92 bits per heavy atom. The van der Waals surface area contributed by atoms with E-state index in [-0.39, 0.29) is 11.9 Å². The van der Waals surface area contributed by atoms with Crippen LogP contribution in [0, 0.1) is 6.92 Å². The van der Waals surface area contributed by atoms with Crippen LogP contribution in [0.5, 0.6) is 0 Å². The number of carbonyl (C=O) groups is 2. The number of aryl methyl sites for hydroxylation is 1. The molecule has 5 nitrogen and oxygen atoms in total. The molecule has 0 aromatic heterocycles. The number of nitrogens with one attached hydrogen (secondary N) is 2. The molecule has 1 heterocycles. The summed E-state index contributed by atoms with van der Waals surface area (Å²) in [6.45, 7) is 3.44. The summed E-state index contributed by atoms with van der Waals surface area (Å²) < 4.78 is 0. The molecule has 5 heteroatoms. The molecule has 1 aliphatic heterocycles. The van der Waals surface area contributed by atoms with Crippen LogP contribution in [0.4, 0.5) is 16.2 Å². The summed E-state index contributed by atoms with van der Waals surface area (Å²) in [6.07, 6.45) is 1.28. The van der Waals surface area contributed by atoms with Crippen molar-refractivity contribution in [1.82, 2.24) is 5.32 Å². The SMILES string of the molecule is Cc1ccccc1CC(=O)Nc1ccc(N2CCCNC2=O)cc1. The second-order valence-corrected chi connectivity index (χ2v) is 5.94. The van der Waals surface area contributed by atoms with Gasteiger partial charge in [0, 0.05) is 24.5 Å². The summed E-state index contributed by atoms with van der Waals surface area (Å²) in [5.74, 6) is -0.0484. The number of nitrogens with zero attached hydrogens (tertiary/aromatic N) is 1. The molecule has 3 rings (SSSR count). The van der Waals surface area contributed by atoms with Crippen LogP contribution in [0.3, 0.4) is 0 Å². The van der Waals surface area contributed by atoms with Crippen LogP contribution in [-0.4, -0.2) is 25.0 Å². The minimum absolute atomic E-state index is 0.0484. The topological polar surface area (TPSA) is 61.4 Å². The summed E-state index contributed by atoms with van der Waals surface area (Å²) in [5, 5.41) is 5.73. The Hall–Kier alpha value is -2.82. The second kappa shape index (κ2) is 7.17. The number of carbonyl (C=O) groups excluding carboxylic acids is 2. The average Bonchev–Trinajstić information content (AvgIpc) is 2.58. The van der Waals surface area contributed by atoms with Crippen molar-refractivity contribution in [2.45, 2.75) is 19.8 Å². The third-order valence-corrected chi connectivity index (χ3v) is 4.15. The third kappa shape index (κ3) is 3.74. The minimum Gasteiger partial charge on any atom is -0.338 e. The summed E-state index contributed by atoms with van der Waals surface area (Å²) in [6, 6.07) is 15.2. The van der Waals surface area contributed by atoms with Crippen molar-refractivity contribution in [3.05, 3.63) is 59.7 Å². The fraction of sp³-hybridized carbons (Fsp3) is 0.263. The predicted octanol–water partition coefficient (Wildman–Crippen LogP) is 3.10. The van der Waals surface area contributed by atoms with Crippen LogP contribution in [0.25, 0.3) is 0 Å². The number of hydrogen-bond donors (Lipinski definition) is 2. The lowest BCUT2D eigenvalue weighted by molar-refractivity contribution is -0.115. The van der Waals surface area contributed by atoms with Gasteiger partial charge in [-0.15, -0.1) is 0 Å². The fourth-order valence-electron chi connectivity index (χ4n) is 2.79. The van der Waals surface area contributed by atoms with Gasteiger partial charge in [0.05, 0.1) is 6.42 Å². The highest BCUT2D eigenvalue weighted by molar-refractivity contribution is 5.94. The first-order valence-corrected chi connectivity index (χ1v) is 8.13. The molecule has 0 saturated carbocycles. The van der Waals surface area contributed by atoms with Crippen molar-refractivity contribution in [1.29, 1.82) is 0 Å². The molecule has 24 heavy (non-hydrogen) atoms. The van der Waals surface area contributed by atoms with Crippen molar-refractivity contribution in [3.63, 3.8) is 0 Å². The van der Waals surface area contributed by atoms with Gasteiger partial charge in [0.1, 0.15) is 0 Å². The summed E-state index contributed by atoms with van der Waals surface area (Å²) in [4.78, 5) is 25.7. The van der Waals surface area contributed by atoms with Crippen LogP contribution in [0.1, 0.15) is 17.5 Å². The first kappa shape index (κ1) is 16.1. The molecule has 2 aromatic carbocycles. The second-order valence-electron chi connectivity index (χ2n) is 5.94. The predicted molar refractivity (Wildman–Crippen MR) is 95.3 cm³/mol. The molecule has 1 saturated heterocycles. The zero-order valence-corrected chi connectivity index (χ0v) is 13.7. The zero-order valence-electron chi connectivity index (χ0n) is 13.7. The molecular formula is C19H21N3O2. The molecule has 2 N–H and O–H groups in total. The van der Waals surface area contributed by atoms with E-state index in [9.17, 15) is 9.59 Å². The molecular weight excluding hydrogens is 302 g/mol. The van der Waals surface area contributed by atoms with Crippen LogP contribution < -0.4 is 15.5 Å². The fourth-order valence-corrected chi connectivity index (χ4v) is 2.79. The first-order valence-electron chi connectivity index (χ1n) is 8.13. The van der Waals surface area contributed by atoms with Crippen molar-refractivity contribution in [3.8, 4) is 0 Å². The smallest absolute Gasteiger partial charge is 0.321 e. The van der Waals surface area contributed by atoms with Crippen LogP contribution in [0.15, 0.2) is 48.5 Å². The van der Waals surface area contributed by atoms with Crippen molar-refractivity contribution < 1.29 is 9.59 Å². The van der Waals surface area contributed by atoms with Gasteiger partial charge in [-0.05, 0) is 48.7 Å². The number of rotatable bonds is 4. The van der Waals surface area contributed by atoms with Gasteiger partial charge < -0.3 is 10.6 Å². The highest BCUT2D eigenvalue weighted by atomic mass is 16.2. The molecule has 0 bridgehead atoms. The largest absolute Gasteiger partial charge is 0.338 e. The van der Waals surface area contributed by atoms with Gasteiger partial charge in [0.2, 0.25) is 5.91 Å². The van der Waals surface area contributed by atoms with E-state index in [0.29, 0.717) is 13.0 Å². The lowest BCUT2D eigenvalue weighted by Crippen LogP contribution is -2.46. The van der Waals surface area contributed by atoms with Crippen LogP contribution in [-0.2, 0) is 11.2 Å². The average molecular weight is 323 g/mol. The first-order chi connectivity index (χ1) is 11.6. The number of urea groups is 1. The van der Waals surface area contributed by atoms with E-state index in [1.807, 2.05) is 55.5 Å². The molecule has 0 unspecified atom stereocenters. The van der Waals surface area contributed by atoms with Gasteiger partial charge in [-0.1, -0.05) is 24.3 Å². The Morgan fingerprint density at radius 1 is 1.17 bits per heavy atom. The van der Waals surface area contributed by atoms with Gasteiger partial charge in [-0.3, -0.25) is 9.69 Å². The van der Waals surface area contributed by atoms with E-state index in [1.165, 1.54) is 0 Å². The summed E-state index contributed by atoms with van der Waals surface area (Å²) >= 11 is 0. The van der Waals surface area contributed by atoms with Gasteiger partial charge in [-0.2, -0.15) is 0 Å². The zero-order chi connectivity index (χ0) is 16.9. The van der Waals surface area contributed by atoms with Crippen molar-refractivity contribution >= 4 is 23.3 Å². The van der Waals surface area contributed by atoms with E-state index >= 15 is 0 Å². The number of hydrogen-bond acceptors (Lipinski definition) is 2. The number of amides is 3. The van der Waals surface area contributed by atoms with Crippen LogP contribution >= 0.6 is 0 Å². The highest BCUT2D eigenvalue weighted by Gasteiger charge is 2.18. The maximum atomic E-state index is 12.2. The standard InChI is InChI=1S/C19H21N3O2/c1-14-5-2-3-6-15(14)13-18(23)21-16-7-9-17(10-8-16)22-12-4-11-20-19(22)24/h2-3,5-10H,4,11-13H2,1H3,(H,20,24)(H,21,23). The molecule has 0 atom stereocenters. The Kier molecular flexibility index (Phi) is 4.79. The van der Waals surface area contributed by atoms with Crippen molar-refractivity contribution in [2.75, 3.05) is 23.3 Å². The molecule has 0 spiro atoms. The lowest BCUT2D eigenvalue weighted by Gasteiger charge is -2.27. The number of benzene rings is 2. The highest BCUT2D eigenvalue weighted by Crippen LogP contribution is 2.20. The van der Waals surface area contributed by atoms with Gasteiger partial charge in [-0.25, -0.2) is 4.79 Å². The maximum absolute atomic E-state index is 12.2. The van der Waals surface area contributed by atoms with E-state index in [0.717, 1.165) is 35.5 Å². The Bertz CT molecular complexity index is 741. The summed E-state index contributed by atoms with van der Waals surface area (Å²) in [7, 11) is 0. The lowest BCUT2D eigenvalue weighted by atomic mass is 10.1. The monoisotopic (exact) mass is 323 g/mol. The molecule has 2 aromatic rings. The normalized spacial score (nSPS) is 14.2. The van der Waals surface area contributed by atoms with Crippen LogP contribution in [0.2, 0.25) is 0 Å². The van der Waals surface area contributed by atoms with E-state index in [1.54, 1.807) is 4.90 Å². The minimum atomic E-state index is -0.0717. The van der Waals surface area contributed by atoms with Gasteiger partial charge in [0.15, 0.2) is 0 Å². The Balaban J connectivity index is 1.62. The molecule has 1 fully saturated rings. The van der Waals surface area contributed by atoms with Crippen molar-refractivity contribution in [2.24, 2.45) is 0 Å². The summed E-state index contributed by atoms with van der Waals surface area (Å²) in [5.41, 5.74) is 3.70. The number of anilines is 2. The van der Waals surface area contributed by atoms with Gasteiger partial charge >= 0.3 is 6.03 Å². The van der Waals surface area contributed by atoms with E-state index in [2.05, 4.69) is 10.6 Å². The Labute approximate surface area is 141 Å². The molecule has 124 valence electrons. The Morgan fingerprint density at radius 3 is 2.62 bits per heavy atom. The third-order valence-electron chi connectivity index (χ3n) is 4.15. The van der Waals surface area contributed by atoms with E-state index in [4.69, 9.17) is 0 Å². The quantitative estimate of drug-likeness (QED) is 0.908. The molecule has 0 radical (unpaired) electrons. The van der Waals surface area contributed by atoms with Gasteiger partial charge in [0.25, 0.3) is 0 Å². The maximum Gasteiger partial charge on any atom is 0.321 e. The molecule has 0 aliphatic carbocycles. The van der Waals surface area contributed by atoms with E-state index < -0.39 is 0 Å². The molecule has 3 amide bonds. The molecule has 1 aliphatic rings.